The van der Waals surface area contributed by atoms with Gasteiger partial charge >= 0.3 is 5.97 Å². The van der Waals surface area contributed by atoms with Crippen LogP contribution in [0.25, 0.3) is 11.3 Å². The van der Waals surface area contributed by atoms with Gasteiger partial charge in [-0.1, -0.05) is 12.1 Å². The molecule has 0 bridgehead atoms. The average molecular weight is 457 g/mol. The molecule has 0 aliphatic carbocycles. The van der Waals surface area contributed by atoms with Gasteiger partial charge < -0.3 is 19.4 Å². The number of ether oxygens (including phenoxy) is 2. The first-order valence-electron chi connectivity index (χ1n) is 10.7. The largest absolute Gasteiger partial charge is 0.460 e. The van der Waals surface area contributed by atoms with Crippen LogP contribution >= 0.6 is 0 Å². The second-order valence-electron chi connectivity index (χ2n) is 7.87. The van der Waals surface area contributed by atoms with E-state index in [4.69, 9.17) is 9.47 Å². The van der Waals surface area contributed by atoms with Crippen molar-refractivity contribution in [3.8, 4) is 11.3 Å². The van der Waals surface area contributed by atoms with Gasteiger partial charge in [-0.3, -0.25) is 9.89 Å². The SMILES string of the molecule is COCCOC(=O)c1c(C)[nH]c(C(=O)N(C)CCCc2cc(-c3cccc(F)c3)n[nH]2)c1C. The molecule has 0 fully saturated rings. The van der Waals surface area contributed by atoms with E-state index in [2.05, 4.69) is 15.2 Å². The van der Waals surface area contributed by atoms with Crippen molar-refractivity contribution in [2.45, 2.75) is 26.7 Å². The third kappa shape index (κ3) is 5.87. The Balaban J connectivity index is 1.57. The molecule has 0 saturated heterocycles. The third-order valence-corrected chi connectivity index (χ3v) is 5.41. The zero-order valence-electron chi connectivity index (χ0n) is 19.3. The molecular weight excluding hydrogens is 427 g/mol. The molecule has 33 heavy (non-hydrogen) atoms. The smallest absolute Gasteiger partial charge is 0.340 e. The van der Waals surface area contributed by atoms with Crippen LogP contribution in [0.15, 0.2) is 30.3 Å². The van der Waals surface area contributed by atoms with Crippen LogP contribution in [0.4, 0.5) is 4.39 Å². The number of methoxy groups -OCH3 is 1. The van der Waals surface area contributed by atoms with Crippen LogP contribution in [0.3, 0.4) is 0 Å². The van der Waals surface area contributed by atoms with E-state index in [0.29, 0.717) is 59.8 Å². The second-order valence-corrected chi connectivity index (χ2v) is 7.87. The number of benzene rings is 1. The zero-order chi connectivity index (χ0) is 24.0. The number of hydrogen-bond acceptors (Lipinski definition) is 5. The van der Waals surface area contributed by atoms with Crippen molar-refractivity contribution >= 4 is 11.9 Å². The fraction of sp³-hybridized carbons (Fsp3) is 0.375. The minimum absolute atomic E-state index is 0.150. The molecule has 0 atom stereocenters. The Labute approximate surface area is 192 Å². The molecule has 0 saturated carbocycles. The zero-order valence-corrected chi connectivity index (χ0v) is 19.3. The lowest BCUT2D eigenvalue weighted by molar-refractivity contribution is 0.0386. The van der Waals surface area contributed by atoms with E-state index < -0.39 is 5.97 Å². The number of amides is 1. The van der Waals surface area contributed by atoms with E-state index in [1.807, 2.05) is 6.07 Å². The first kappa shape index (κ1) is 24.2. The van der Waals surface area contributed by atoms with Crippen molar-refractivity contribution < 1.29 is 23.5 Å². The Hall–Kier alpha value is -3.46. The van der Waals surface area contributed by atoms with Gasteiger partial charge in [0.15, 0.2) is 0 Å². The molecule has 176 valence electrons. The number of carbonyl (C=O) groups excluding carboxylic acids is 2. The van der Waals surface area contributed by atoms with Gasteiger partial charge in [0.25, 0.3) is 5.91 Å². The standard InChI is InChI=1S/C24H29FN4O4/c1-15-21(24(31)33-12-11-32-4)16(2)26-22(15)23(30)29(3)10-6-9-19-14-20(28-27-19)17-7-5-8-18(25)13-17/h5,7-8,13-14,26H,6,9-12H2,1-4H3,(H,27,28). The van der Waals surface area contributed by atoms with E-state index in [0.717, 1.165) is 5.69 Å². The number of hydrogen-bond donors (Lipinski definition) is 2. The van der Waals surface area contributed by atoms with Gasteiger partial charge in [-0.05, 0) is 50.5 Å². The van der Waals surface area contributed by atoms with Crippen LogP contribution in [0.5, 0.6) is 0 Å². The van der Waals surface area contributed by atoms with Gasteiger partial charge in [0, 0.05) is 37.7 Å². The van der Waals surface area contributed by atoms with Gasteiger partial charge in [-0.15, -0.1) is 0 Å². The lowest BCUT2D eigenvalue weighted by Crippen LogP contribution is -2.29. The van der Waals surface area contributed by atoms with Crippen molar-refractivity contribution in [1.82, 2.24) is 20.1 Å². The summed E-state index contributed by atoms with van der Waals surface area (Å²) in [6, 6.07) is 8.17. The molecule has 0 unspecified atom stereocenters. The minimum Gasteiger partial charge on any atom is -0.460 e. The predicted octanol–water partition coefficient (Wildman–Crippen LogP) is 3.67. The number of H-pyrrole nitrogens is 2. The molecule has 0 radical (unpaired) electrons. The maximum Gasteiger partial charge on any atom is 0.340 e. The molecule has 2 heterocycles. The fourth-order valence-electron chi connectivity index (χ4n) is 3.64. The quantitative estimate of drug-likeness (QED) is 0.358. The van der Waals surface area contributed by atoms with E-state index in [1.54, 1.807) is 37.9 Å². The number of nitrogens with one attached hydrogen (secondary N) is 2. The number of aromatic amines is 2. The van der Waals surface area contributed by atoms with Gasteiger partial charge in [0.05, 0.1) is 17.9 Å². The second kappa shape index (κ2) is 10.9. The van der Waals surface area contributed by atoms with E-state index in [9.17, 15) is 14.0 Å². The van der Waals surface area contributed by atoms with E-state index in [-0.39, 0.29) is 18.3 Å². The summed E-state index contributed by atoms with van der Waals surface area (Å²) in [5.74, 6) is -0.983. The molecule has 0 spiro atoms. The number of aromatic nitrogens is 3. The fourth-order valence-corrected chi connectivity index (χ4v) is 3.64. The highest BCUT2D eigenvalue weighted by atomic mass is 19.1. The Bertz CT molecular complexity index is 1120. The summed E-state index contributed by atoms with van der Waals surface area (Å²) in [6.07, 6.45) is 1.39. The normalized spacial score (nSPS) is 10.9. The van der Waals surface area contributed by atoms with Crippen molar-refractivity contribution in [1.29, 1.82) is 0 Å². The van der Waals surface area contributed by atoms with Gasteiger partial charge in [-0.2, -0.15) is 5.10 Å². The highest BCUT2D eigenvalue weighted by Gasteiger charge is 2.24. The Kier molecular flexibility index (Phi) is 8.00. The van der Waals surface area contributed by atoms with Gasteiger partial charge in [0.2, 0.25) is 0 Å². The van der Waals surface area contributed by atoms with Crippen molar-refractivity contribution in [2.24, 2.45) is 0 Å². The molecule has 2 aromatic heterocycles. The lowest BCUT2D eigenvalue weighted by Gasteiger charge is -2.16. The third-order valence-electron chi connectivity index (χ3n) is 5.41. The maximum atomic E-state index is 13.4. The molecule has 1 aromatic carbocycles. The lowest BCUT2D eigenvalue weighted by atomic mass is 10.1. The summed E-state index contributed by atoms with van der Waals surface area (Å²) < 4.78 is 23.5. The van der Waals surface area contributed by atoms with Crippen LogP contribution in [0.1, 0.15) is 44.2 Å². The summed E-state index contributed by atoms with van der Waals surface area (Å²) in [4.78, 5) is 30.0. The molecule has 0 aliphatic heterocycles. The average Bonchev–Trinajstić information content (AvgIpc) is 3.37. The van der Waals surface area contributed by atoms with Crippen molar-refractivity contribution in [2.75, 3.05) is 33.9 Å². The Morgan fingerprint density at radius 3 is 2.70 bits per heavy atom. The number of halogens is 1. The Morgan fingerprint density at radius 2 is 1.97 bits per heavy atom. The van der Waals surface area contributed by atoms with Crippen LogP contribution in [-0.4, -0.2) is 65.9 Å². The van der Waals surface area contributed by atoms with Crippen LogP contribution in [-0.2, 0) is 15.9 Å². The highest BCUT2D eigenvalue weighted by molar-refractivity contribution is 6.00. The van der Waals surface area contributed by atoms with E-state index >= 15 is 0 Å². The predicted molar refractivity (Wildman–Crippen MR) is 122 cm³/mol. The summed E-state index contributed by atoms with van der Waals surface area (Å²) in [6.45, 7) is 4.44. The first-order chi connectivity index (χ1) is 15.8. The molecular formula is C24H29FN4O4. The van der Waals surface area contributed by atoms with Crippen molar-refractivity contribution in [3.63, 3.8) is 0 Å². The van der Waals surface area contributed by atoms with Gasteiger partial charge in [0.1, 0.15) is 18.1 Å². The molecule has 0 aliphatic rings. The summed E-state index contributed by atoms with van der Waals surface area (Å²) in [5.41, 5.74) is 4.21. The number of rotatable bonds is 10. The van der Waals surface area contributed by atoms with Gasteiger partial charge in [-0.25, -0.2) is 9.18 Å². The van der Waals surface area contributed by atoms with Crippen LogP contribution in [0, 0.1) is 19.7 Å². The minimum atomic E-state index is -0.478. The van der Waals surface area contributed by atoms with Crippen molar-refractivity contribution in [3.05, 3.63) is 64.4 Å². The topological polar surface area (TPSA) is 100 Å². The summed E-state index contributed by atoms with van der Waals surface area (Å²) >= 11 is 0. The monoisotopic (exact) mass is 456 g/mol. The number of esters is 1. The molecule has 9 heteroatoms. The summed E-state index contributed by atoms with van der Waals surface area (Å²) in [7, 11) is 3.25. The molecule has 2 N–H and O–H groups in total. The molecule has 8 nitrogen and oxygen atoms in total. The maximum absolute atomic E-state index is 13.4. The van der Waals surface area contributed by atoms with E-state index in [1.165, 1.54) is 19.2 Å². The molecule has 1 amide bonds. The summed E-state index contributed by atoms with van der Waals surface area (Å²) in [5, 5.41) is 7.22. The Morgan fingerprint density at radius 1 is 1.18 bits per heavy atom. The molecule has 3 aromatic rings. The van der Waals surface area contributed by atoms with Crippen LogP contribution < -0.4 is 0 Å². The number of aryl methyl sites for hydroxylation is 2. The number of carbonyl (C=O) groups is 2. The molecule has 3 rings (SSSR count). The number of nitrogens with zero attached hydrogens (tertiary/aromatic N) is 2. The highest BCUT2D eigenvalue weighted by Crippen LogP contribution is 2.21. The van der Waals surface area contributed by atoms with Crippen LogP contribution in [0.2, 0.25) is 0 Å². The first-order valence-corrected chi connectivity index (χ1v) is 10.7.